The molecule has 1 saturated heterocycles. The number of anilines is 1. The van der Waals surface area contributed by atoms with Gasteiger partial charge in [0.05, 0.1) is 42.0 Å². The molecule has 0 N–H and O–H groups in total. The molecule has 3 aromatic rings. The maximum absolute atomic E-state index is 6.43. The third-order valence-electron chi connectivity index (χ3n) is 11.9. The highest BCUT2D eigenvalue weighted by Gasteiger charge is 2.92. The van der Waals surface area contributed by atoms with E-state index in [1.807, 2.05) is 6.20 Å². The number of hydrogen-bond acceptors (Lipinski definition) is 7. The van der Waals surface area contributed by atoms with Crippen LogP contribution in [-0.4, -0.2) is 48.9 Å². The van der Waals surface area contributed by atoms with Crippen LogP contribution in [0.3, 0.4) is 0 Å². The number of morpholine rings is 1. The Labute approximate surface area is 216 Å². The molecule has 0 aromatic carbocycles. The van der Waals surface area contributed by atoms with Crippen LogP contribution in [-0.2, 0) is 10.2 Å². The quantitative estimate of drug-likeness (QED) is 0.542. The lowest BCUT2D eigenvalue weighted by Gasteiger charge is -2.79. The zero-order valence-electron chi connectivity index (χ0n) is 21.7. The Morgan fingerprint density at radius 3 is 2.51 bits per heavy atom. The van der Waals surface area contributed by atoms with Crippen LogP contribution in [0.2, 0.25) is 0 Å². The van der Waals surface area contributed by atoms with Crippen LogP contribution >= 0.6 is 0 Å². The molecular formula is C29H33N7O. The second kappa shape index (κ2) is 6.33. The smallest absolute Gasteiger partial charge is 0.227 e. The lowest BCUT2D eigenvalue weighted by molar-refractivity contribution is -0.303. The summed E-state index contributed by atoms with van der Waals surface area (Å²) in [5.41, 5.74) is 6.39. The normalized spacial score (nSPS) is 44.1. The highest BCUT2D eigenvalue weighted by Crippen LogP contribution is 2.94. The molecule has 0 bridgehead atoms. The molecule has 10 rings (SSSR count). The van der Waals surface area contributed by atoms with Crippen molar-refractivity contribution in [3.05, 3.63) is 35.0 Å². The number of ether oxygens (including phenoxy) is 1. The highest BCUT2D eigenvalue weighted by molar-refractivity contribution is 5.77. The molecule has 6 saturated carbocycles. The van der Waals surface area contributed by atoms with Crippen molar-refractivity contribution in [1.82, 2.24) is 29.7 Å². The first-order chi connectivity index (χ1) is 18.0. The first-order valence-electron chi connectivity index (χ1n) is 14.5. The Morgan fingerprint density at radius 1 is 0.946 bits per heavy atom. The molecular weight excluding hydrogens is 462 g/mol. The molecule has 0 spiro atoms. The monoisotopic (exact) mass is 495 g/mol. The molecule has 6 aliphatic carbocycles. The van der Waals surface area contributed by atoms with E-state index in [0.717, 1.165) is 88.6 Å². The second-order valence-electron chi connectivity index (χ2n) is 13.4. The third-order valence-corrected chi connectivity index (χ3v) is 11.9. The van der Waals surface area contributed by atoms with Gasteiger partial charge in [-0.05, 0) is 87.9 Å². The number of hydrogen-bond donors (Lipinski definition) is 0. The standard InChI is InChI=1S/C29H33N7O/c1-12-9-35(11-20(37-12)15-8-30-36(10-15)17-4-5-17)28-33-26(25-27(34-28)32-14(3)13(2)31-25)29-16-6-18-21-19(7-16)24(29)22(21)23(18)29/h8,10,12,16-24H,4-7,9,11H2,1-3H3/t12-,16?,18?,19?,20-,21?,22?,23?,24?,29?/m1/s1. The summed E-state index contributed by atoms with van der Waals surface area (Å²) in [5.74, 6) is 7.20. The number of aryl methyl sites for hydroxylation is 2. The second-order valence-corrected chi connectivity index (χ2v) is 13.4. The molecule has 8 heteroatoms. The number of rotatable bonds is 4. The van der Waals surface area contributed by atoms with Gasteiger partial charge in [0.25, 0.3) is 0 Å². The van der Waals surface area contributed by atoms with Crippen LogP contribution < -0.4 is 4.90 Å². The number of fused-ring (bicyclic) bond motifs is 3. The van der Waals surface area contributed by atoms with E-state index in [0.29, 0.717) is 6.04 Å². The maximum atomic E-state index is 6.43. The molecule has 4 heterocycles. The van der Waals surface area contributed by atoms with E-state index in [9.17, 15) is 0 Å². The van der Waals surface area contributed by atoms with Crippen molar-refractivity contribution in [3.63, 3.8) is 0 Å². The first-order valence-corrected chi connectivity index (χ1v) is 14.5. The molecule has 8 nitrogen and oxygen atoms in total. The van der Waals surface area contributed by atoms with Gasteiger partial charge in [0, 0.05) is 23.7 Å². The topological polar surface area (TPSA) is 81.9 Å². The van der Waals surface area contributed by atoms with Crippen molar-refractivity contribution >= 4 is 17.1 Å². The zero-order valence-corrected chi connectivity index (χ0v) is 21.7. The maximum Gasteiger partial charge on any atom is 0.227 e. The van der Waals surface area contributed by atoms with Crippen LogP contribution in [0.15, 0.2) is 12.4 Å². The molecule has 37 heavy (non-hydrogen) atoms. The van der Waals surface area contributed by atoms with Crippen molar-refractivity contribution in [1.29, 1.82) is 0 Å². The fourth-order valence-corrected chi connectivity index (χ4v) is 10.5. The lowest BCUT2D eigenvalue weighted by Crippen LogP contribution is -2.78. The summed E-state index contributed by atoms with van der Waals surface area (Å²) in [4.78, 5) is 23.1. The summed E-state index contributed by atoms with van der Waals surface area (Å²) in [6.07, 6.45) is 9.54. The van der Waals surface area contributed by atoms with Gasteiger partial charge < -0.3 is 9.64 Å². The van der Waals surface area contributed by atoms with E-state index in [1.165, 1.54) is 31.4 Å². The molecule has 3 aromatic heterocycles. The summed E-state index contributed by atoms with van der Waals surface area (Å²) < 4.78 is 8.54. The van der Waals surface area contributed by atoms with Crippen LogP contribution in [0.5, 0.6) is 0 Å². The van der Waals surface area contributed by atoms with E-state index in [-0.39, 0.29) is 17.6 Å². The zero-order chi connectivity index (χ0) is 24.4. The van der Waals surface area contributed by atoms with E-state index < -0.39 is 0 Å². The molecule has 0 amide bonds. The van der Waals surface area contributed by atoms with Gasteiger partial charge in [0.15, 0.2) is 5.65 Å². The van der Waals surface area contributed by atoms with E-state index in [2.05, 4.69) is 41.6 Å². The Bertz CT molecular complexity index is 1480. The van der Waals surface area contributed by atoms with Gasteiger partial charge in [-0.1, -0.05) is 0 Å². The summed E-state index contributed by atoms with van der Waals surface area (Å²) in [5, 5.41) is 4.63. The van der Waals surface area contributed by atoms with Crippen molar-refractivity contribution in [2.45, 2.75) is 70.1 Å². The molecule has 7 fully saturated rings. The van der Waals surface area contributed by atoms with Crippen LogP contribution in [0.4, 0.5) is 5.95 Å². The molecule has 0 radical (unpaired) electrons. The van der Waals surface area contributed by atoms with E-state index in [1.54, 1.807) is 0 Å². The van der Waals surface area contributed by atoms with Crippen molar-refractivity contribution in [3.8, 4) is 0 Å². The van der Waals surface area contributed by atoms with Crippen LogP contribution in [0, 0.1) is 55.3 Å². The summed E-state index contributed by atoms with van der Waals surface area (Å²) in [7, 11) is 0. The molecule has 6 atom stereocenters. The molecule has 1 aliphatic heterocycles. The summed E-state index contributed by atoms with van der Waals surface area (Å²) in [6, 6.07) is 0.576. The predicted molar refractivity (Wildman–Crippen MR) is 136 cm³/mol. The van der Waals surface area contributed by atoms with Crippen molar-refractivity contribution < 1.29 is 4.74 Å². The first kappa shape index (κ1) is 20.4. The van der Waals surface area contributed by atoms with Gasteiger partial charge in [-0.25, -0.2) is 15.0 Å². The Hall–Kier alpha value is -2.61. The minimum atomic E-state index is -0.0289. The van der Waals surface area contributed by atoms with Gasteiger partial charge >= 0.3 is 0 Å². The van der Waals surface area contributed by atoms with E-state index >= 15 is 0 Å². The number of aromatic nitrogens is 6. The highest BCUT2D eigenvalue weighted by atomic mass is 16.5. The molecule has 4 unspecified atom stereocenters. The average Bonchev–Trinajstić information content (AvgIpc) is 3.58. The third kappa shape index (κ3) is 2.23. The van der Waals surface area contributed by atoms with Gasteiger partial charge in [-0.15, -0.1) is 0 Å². The molecule has 190 valence electrons. The van der Waals surface area contributed by atoms with E-state index in [4.69, 9.17) is 24.7 Å². The lowest BCUT2D eigenvalue weighted by atomic mass is 9.24. The predicted octanol–water partition coefficient (Wildman–Crippen LogP) is 3.93. The minimum Gasteiger partial charge on any atom is -0.367 e. The fraction of sp³-hybridized carbons (Fsp3) is 0.690. The largest absolute Gasteiger partial charge is 0.367 e. The molecule has 7 aliphatic rings. The van der Waals surface area contributed by atoms with Crippen LogP contribution in [0.25, 0.3) is 11.2 Å². The van der Waals surface area contributed by atoms with Crippen LogP contribution in [0.1, 0.15) is 67.4 Å². The average molecular weight is 496 g/mol. The van der Waals surface area contributed by atoms with Gasteiger partial charge in [-0.2, -0.15) is 10.1 Å². The SMILES string of the molecule is Cc1nc2nc(N3C[C@@H](C)O[C@@H](c4cnn(C5CC5)c4)C3)nc(C34C5CC6C7C(C5)C3C7C64)c2nc1C. The summed E-state index contributed by atoms with van der Waals surface area (Å²) >= 11 is 0. The Morgan fingerprint density at radius 2 is 1.73 bits per heavy atom. The van der Waals surface area contributed by atoms with Gasteiger partial charge in [-0.3, -0.25) is 4.68 Å². The number of nitrogens with zero attached hydrogens (tertiary/aromatic N) is 7. The minimum absolute atomic E-state index is 0.0289. The van der Waals surface area contributed by atoms with Gasteiger partial charge in [0.2, 0.25) is 5.95 Å². The summed E-state index contributed by atoms with van der Waals surface area (Å²) in [6.45, 7) is 7.82. The van der Waals surface area contributed by atoms with Gasteiger partial charge in [0.1, 0.15) is 11.6 Å². The Balaban J connectivity index is 1.10. The Kier molecular flexibility index (Phi) is 3.48. The van der Waals surface area contributed by atoms with Crippen molar-refractivity contribution in [2.24, 2.45) is 41.4 Å². The van der Waals surface area contributed by atoms with Crippen molar-refractivity contribution in [2.75, 3.05) is 18.0 Å². The fourth-order valence-electron chi connectivity index (χ4n) is 10.5.